The van der Waals surface area contributed by atoms with E-state index in [1.165, 1.54) is 29.1 Å². The van der Waals surface area contributed by atoms with Gasteiger partial charge in [0.15, 0.2) is 0 Å². The molecule has 186 valence electrons. The van der Waals surface area contributed by atoms with Gasteiger partial charge in [-0.05, 0) is 54.3 Å². The second-order valence-electron chi connectivity index (χ2n) is 10.4. The summed E-state index contributed by atoms with van der Waals surface area (Å²) < 4.78 is 13.0. The molecule has 2 aliphatic carbocycles. The molecule has 2 bridgehead atoms. The number of hydrogen-bond donors (Lipinski definition) is 1. The second kappa shape index (κ2) is 10.1. The fourth-order valence-electron chi connectivity index (χ4n) is 6.30. The molecule has 0 radical (unpaired) electrons. The standard InChI is InChI=1S/C28H34NO4S2/c1-29(2,15-8-16-32-21-9-4-3-5-10-21)26-20-13-14-22(26)23(19-20)33-27(30)28(31,24-11-6-17-34-24)25-12-7-18-35-25/h3-7,9-12,17-18,20,22-23,26,31H,8,13-16,19H2,1-2H3/q+1. The normalized spacial score (nSPS) is 24.0. The van der Waals surface area contributed by atoms with Crippen molar-refractivity contribution in [3.63, 3.8) is 0 Å². The summed E-state index contributed by atoms with van der Waals surface area (Å²) in [5.74, 6) is 1.24. The van der Waals surface area contributed by atoms with E-state index < -0.39 is 11.6 Å². The van der Waals surface area contributed by atoms with Crippen molar-refractivity contribution in [2.75, 3.05) is 27.2 Å². The maximum atomic E-state index is 13.5. The first-order chi connectivity index (χ1) is 16.9. The van der Waals surface area contributed by atoms with Gasteiger partial charge in [0.2, 0.25) is 5.60 Å². The van der Waals surface area contributed by atoms with Gasteiger partial charge < -0.3 is 19.1 Å². The minimum atomic E-state index is -1.74. The Balaban J connectivity index is 1.23. The summed E-state index contributed by atoms with van der Waals surface area (Å²) in [4.78, 5) is 14.7. The Bertz CT molecular complexity index is 1060. The van der Waals surface area contributed by atoms with Gasteiger partial charge in [0, 0.05) is 18.3 Å². The molecule has 3 aromatic rings. The largest absolute Gasteiger partial charge is 0.493 e. The summed E-state index contributed by atoms with van der Waals surface area (Å²) >= 11 is 2.77. The van der Waals surface area contributed by atoms with Crippen LogP contribution in [0.4, 0.5) is 0 Å². The molecule has 5 rings (SSSR count). The fourth-order valence-corrected chi connectivity index (χ4v) is 8.01. The van der Waals surface area contributed by atoms with E-state index in [1.807, 2.05) is 65.4 Å². The van der Waals surface area contributed by atoms with Crippen LogP contribution in [-0.2, 0) is 15.1 Å². The van der Waals surface area contributed by atoms with Gasteiger partial charge in [-0.1, -0.05) is 30.3 Å². The monoisotopic (exact) mass is 512 g/mol. The molecule has 2 aromatic heterocycles. The number of hydrogen-bond acceptors (Lipinski definition) is 6. The van der Waals surface area contributed by atoms with Crippen molar-refractivity contribution in [2.45, 2.75) is 43.4 Å². The topological polar surface area (TPSA) is 55.8 Å². The van der Waals surface area contributed by atoms with E-state index in [-0.39, 0.29) is 6.10 Å². The number of nitrogens with zero attached hydrogens (tertiary/aromatic N) is 1. The molecule has 0 spiro atoms. The lowest BCUT2D eigenvalue weighted by Gasteiger charge is -2.39. The van der Waals surface area contributed by atoms with Crippen molar-refractivity contribution in [1.82, 2.24) is 0 Å². The summed E-state index contributed by atoms with van der Waals surface area (Å²) in [6.45, 7) is 1.71. The van der Waals surface area contributed by atoms with Crippen molar-refractivity contribution in [3.8, 4) is 5.75 Å². The number of carbonyl (C=O) groups is 1. The van der Waals surface area contributed by atoms with Crippen molar-refractivity contribution < 1.29 is 23.9 Å². The summed E-state index contributed by atoms with van der Waals surface area (Å²) in [5, 5.41) is 15.4. The van der Waals surface area contributed by atoms with Gasteiger partial charge in [0.25, 0.3) is 0 Å². The van der Waals surface area contributed by atoms with Crippen molar-refractivity contribution in [2.24, 2.45) is 11.8 Å². The molecule has 4 unspecified atom stereocenters. The van der Waals surface area contributed by atoms with E-state index in [2.05, 4.69) is 14.1 Å². The number of quaternary nitrogens is 1. The average molecular weight is 513 g/mol. The Morgan fingerprint density at radius 3 is 2.34 bits per heavy atom. The molecule has 0 saturated heterocycles. The number of para-hydroxylation sites is 1. The number of carbonyl (C=O) groups excluding carboxylic acids is 1. The molecule has 0 amide bonds. The Kier molecular flexibility index (Phi) is 7.04. The van der Waals surface area contributed by atoms with E-state index in [0.29, 0.717) is 34.2 Å². The molecule has 5 nitrogen and oxygen atoms in total. The first kappa shape index (κ1) is 24.5. The van der Waals surface area contributed by atoms with Crippen LogP contribution in [0.15, 0.2) is 65.4 Å². The molecule has 2 aliphatic rings. The van der Waals surface area contributed by atoms with Gasteiger partial charge in [-0.25, -0.2) is 4.79 Å². The zero-order valence-corrected chi connectivity index (χ0v) is 22.0. The maximum Gasteiger partial charge on any atom is 0.349 e. The number of rotatable bonds is 10. The van der Waals surface area contributed by atoms with E-state index in [9.17, 15) is 9.90 Å². The summed E-state index contributed by atoms with van der Waals surface area (Å²) in [6, 6.07) is 17.8. The van der Waals surface area contributed by atoms with Crippen molar-refractivity contribution in [3.05, 3.63) is 75.1 Å². The third-order valence-electron chi connectivity index (χ3n) is 7.81. The van der Waals surface area contributed by atoms with E-state index >= 15 is 0 Å². The molecule has 7 heteroatoms. The van der Waals surface area contributed by atoms with Gasteiger partial charge >= 0.3 is 5.97 Å². The highest BCUT2D eigenvalue weighted by atomic mass is 32.1. The summed E-state index contributed by atoms with van der Waals surface area (Å²) in [6.07, 6.45) is 3.97. The predicted octanol–water partition coefficient (Wildman–Crippen LogP) is 5.30. The summed E-state index contributed by atoms with van der Waals surface area (Å²) in [7, 11) is 4.60. The first-order valence-corrected chi connectivity index (χ1v) is 14.2. The van der Waals surface area contributed by atoms with Crippen molar-refractivity contribution in [1.29, 1.82) is 0 Å². The molecular formula is C28H34NO4S2+. The molecular weight excluding hydrogens is 478 g/mol. The molecule has 1 N–H and O–H groups in total. The van der Waals surface area contributed by atoms with Crippen LogP contribution >= 0.6 is 22.7 Å². The number of benzene rings is 1. The quantitative estimate of drug-likeness (QED) is 0.228. The average Bonchev–Trinajstić information content (AvgIpc) is 3.66. The highest BCUT2D eigenvalue weighted by Gasteiger charge is 2.58. The Morgan fingerprint density at radius 1 is 1.03 bits per heavy atom. The number of fused-ring (bicyclic) bond motifs is 2. The van der Waals surface area contributed by atoms with Gasteiger partial charge in [0.1, 0.15) is 11.9 Å². The lowest BCUT2D eigenvalue weighted by molar-refractivity contribution is -0.919. The van der Waals surface area contributed by atoms with Gasteiger partial charge in [-0.15, -0.1) is 22.7 Å². The third kappa shape index (κ3) is 4.79. The van der Waals surface area contributed by atoms with E-state index in [0.717, 1.165) is 36.0 Å². The van der Waals surface area contributed by atoms with Crippen LogP contribution in [0.2, 0.25) is 0 Å². The Labute approximate surface area is 215 Å². The van der Waals surface area contributed by atoms with Crippen LogP contribution in [0.5, 0.6) is 5.75 Å². The van der Waals surface area contributed by atoms with Gasteiger partial charge in [-0.2, -0.15) is 0 Å². The molecule has 2 saturated carbocycles. The molecule has 4 atom stereocenters. The van der Waals surface area contributed by atoms with Gasteiger partial charge in [-0.3, -0.25) is 0 Å². The molecule has 0 aliphatic heterocycles. The van der Waals surface area contributed by atoms with Gasteiger partial charge in [0.05, 0.1) is 43.0 Å². The minimum absolute atomic E-state index is 0.143. The maximum absolute atomic E-state index is 13.5. The van der Waals surface area contributed by atoms with Crippen LogP contribution in [0.25, 0.3) is 0 Å². The van der Waals surface area contributed by atoms with Crippen LogP contribution in [0.3, 0.4) is 0 Å². The molecule has 35 heavy (non-hydrogen) atoms. The second-order valence-corrected chi connectivity index (χ2v) is 12.2. The van der Waals surface area contributed by atoms with Crippen molar-refractivity contribution >= 4 is 28.6 Å². The predicted molar refractivity (Wildman–Crippen MR) is 140 cm³/mol. The zero-order valence-electron chi connectivity index (χ0n) is 20.3. The minimum Gasteiger partial charge on any atom is -0.493 e. The smallest absolute Gasteiger partial charge is 0.349 e. The first-order valence-electron chi connectivity index (χ1n) is 12.4. The molecule has 1 aromatic carbocycles. The third-order valence-corrected chi connectivity index (χ3v) is 9.77. The lowest BCUT2D eigenvalue weighted by Crippen LogP contribution is -2.53. The highest BCUT2D eigenvalue weighted by molar-refractivity contribution is 7.12. The highest BCUT2D eigenvalue weighted by Crippen LogP contribution is 2.51. The summed E-state index contributed by atoms with van der Waals surface area (Å²) in [5.41, 5.74) is -1.74. The van der Waals surface area contributed by atoms with Crippen LogP contribution < -0.4 is 4.74 Å². The van der Waals surface area contributed by atoms with E-state index in [4.69, 9.17) is 9.47 Å². The zero-order chi connectivity index (χ0) is 24.5. The van der Waals surface area contributed by atoms with Crippen LogP contribution in [-0.4, -0.2) is 55.0 Å². The number of esters is 1. The molecule has 2 heterocycles. The number of thiophene rings is 2. The van der Waals surface area contributed by atoms with Crippen LogP contribution in [0, 0.1) is 11.8 Å². The van der Waals surface area contributed by atoms with Crippen LogP contribution in [0.1, 0.15) is 35.4 Å². The fraction of sp³-hybridized carbons (Fsp3) is 0.464. The van der Waals surface area contributed by atoms with E-state index in [1.54, 1.807) is 0 Å². The SMILES string of the molecule is C[N+](C)(CCCOc1ccccc1)C1C2CCC1C(OC(=O)C(O)(c1cccs1)c1cccs1)C2. The molecule has 2 fully saturated rings. The Hall–Kier alpha value is -2.19. The number of aliphatic hydroxyl groups is 1. The number of ether oxygens (including phenoxy) is 2. The Morgan fingerprint density at radius 2 is 1.71 bits per heavy atom. The lowest BCUT2D eigenvalue weighted by atomic mass is 9.96.